The molecule has 0 amide bonds. The number of carboxylic acid groups (broad SMARTS) is 2. The van der Waals surface area contributed by atoms with Crippen LogP contribution in [0.1, 0.15) is 84.5 Å². The number of aliphatic imine (C=N–C) groups is 1. The molecule has 0 saturated heterocycles. The standard InChI is InChI=1S/C21H36N2O5/c1-3-4-5-6-7-8-9-10-11-12-13-19-22-14-15-23(19,16-20(24)25)18(2)28-17-21(26)27/h14-15,18H,3-13,16-17H2,1-2H3,(H-,24,25,26,27)/p+1. The topological polar surface area (TPSA) is 96.2 Å². The van der Waals surface area contributed by atoms with Gasteiger partial charge in [-0.25, -0.2) is 19.1 Å². The Morgan fingerprint density at radius 2 is 1.57 bits per heavy atom. The fourth-order valence-electron chi connectivity index (χ4n) is 3.63. The van der Waals surface area contributed by atoms with Crippen molar-refractivity contribution < 1.29 is 29.0 Å². The molecule has 160 valence electrons. The van der Waals surface area contributed by atoms with Crippen molar-refractivity contribution in [3.8, 4) is 0 Å². The first-order valence-electron chi connectivity index (χ1n) is 10.6. The summed E-state index contributed by atoms with van der Waals surface area (Å²) in [5, 5.41) is 18.2. The van der Waals surface area contributed by atoms with Gasteiger partial charge in [-0.3, -0.25) is 0 Å². The maximum absolute atomic E-state index is 11.4. The van der Waals surface area contributed by atoms with E-state index in [2.05, 4.69) is 11.9 Å². The van der Waals surface area contributed by atoms with Crippen molar-refractivity contribution in [2.24, 2.45) is 4.99 Å². The van der Waals surface area contributed by atoms with Crippen LogP contribution >= 0.6 is 0 Å². The molecule has 2 atom stereocenters. The minimum absolute atomic E-state index is 0.0555. The highest BCUT2D eigenvalue weighted by Crippen LogP contribution is 2.26. The van der Waals surface area contributed by atoms with E-state index in [0.717, 1.165) is 18.7 Å². The molecule has 7 nitrogen and oxygen atoms in total. The van der Waals surface area contributed by atoms with Crippen LogP contribution in [0.2, 0.25) is 0 Å². The minimum atomic E-state index is -1.07. The molecule has 1 aliphatic rings. The van der Waals surface area contributed by atoms with Crippen LogP contribution in [0.4, 0.5) is 0 Å². The molecule has 0 aromatic rings. The first kappa shape index (κ1) is 24.3. The second-order valence-corrected chi connectivity index (χ2v) is 7.56. The maximum Gasteiger partial charge on any atom is 0.360 e. The van der Waals surface area contributed by atoms with E-state index in [1.807, 2.05) is 0 Å². The van der Waals surface area contributed by atoms with Crippen molar-refractivity contribution >= 4 is 17.8 Å². The molecular weight excluding hydrogens is 360 g/mol. The van der Waals surface area contributed by atoms with Crippen LogP contribution in [0.5, 0.6) is 0 Å². The van der Waals surface area contributed by atoms with E-state index in [1.165, 1.54) is 51.4 Å². The smallest absolute Gasteiger partial charge is 0.360 e. The number of quaternary nitrogens is 1. The number of carboxylic acids is 2. The summed E-state index contributed by atoms with van der Waals surface area (Å²) in [5.74, 6) is -1.30. The average Bonchev–Trinajstić information content (AvgIpc) is 3.04. The molecule has 0 aliphatic carbocycles. The van der Waals surface area contributed by atoms with E-state index in [4.69, 9.17) is 9.84 Å². The van der Waals surface area contributed by atoms with Gasteiger partial charge >= 0.3 is 11.9 Å². The van der Waals surface area contributed by atoms with Gasteiger partial charge in [0.25, 0.3) is 0 Å². The third-order valence-electron chi connectivity index (χ3n) is 5.28. The minimum Gasteiger partial charge on any atom is -0.480 e. The summed E-state index contributed by atoms with van der Waals surface area (Å²) in [6.45, 7) is 3.27. The van der Waals surface area contributed by atoms with Crippen LogP contribution in [0.15, 0.2) is 17.4 Å². The molecule has 0 aromatic carbocycles. The molecule has 2 N–H and O–H groups in total. The second-order valence-electron chi connectivity index (χ2n) is 7.56. The van der Waals surface area contributed by atoms with Gasteiger partial charge in [0.15, 0.2) is 13.2 Å². The van der Waals surface area contributed by atoms with Crippen molar-refractivity contribution in [1.29, 1.82) is 0 Å². The summed E-state index contributed by atoms with van der Waals surface area (Å²) in [5.41, 5.74) is 0. The predicted octanol–water partition coefficient (Wildman–Crippen LogP) is 4.53. The fraction of sp³-hybridized carbons (Fsp3) is 0.762. The van der Waals surface area contributed by atoms with Crippen molar-refractivity contribution in [3.05, 3.63) is 12.4 Å². The highest BCUT2D eigenvalue weighted by Gasteiger charge is 2.43. The van der Waals surface area contributed by atoms with Crippen molar-refractivity contribution in [2.45, 2.75) is 90.7 Å². The Morgan fingerprint density at radius 1 is 1.00 bits per heavy atom. The van der Waals surface area contributed by atoms with E-state index in [-0.39, 0.29) is 11.0 Å². The number of carbonyl (C=O) groups is 2. The lowest BCUT2D eigenvalue weighted by Crippen LogP contribution is -2.56. The molecule has 0 bridgehead atoms. The summed E-state index contributed by atoms with van der Waals surface area (Å²) < 4.78 is 5.34. The van der Waals surface area contributed by atoms with Crippen molar-refractivity contribution in [2.75, 3.05) is 13.2 Å². The molecule has 0 radical (unpaired) electrons. The number of aliphatic carboxylic acids is 2. The molecule has 2 unspecified atom stereocenters. The molecule has 28 heavy (non-hydrogen) atoms. The first-order valence-corrected chi connectivity index (χ1v) is 10.6. The van der Waals surface area contributed by atoms with Gasteiger partial charge in [0.2, 0.25) is 12.1 Å². The molecule has 0 aromatic heterocycles. The second kappa shape index (κ2) is 13.4. The molecule has 0 saturated carbocycles. The van der Waals surface area contributed by atoms with E-state index < -0.39 is 24.8 Å². The summed E-state index contributed by atoms with van der Waals surface area (Å²) in [4.78, 5) is 26.6. The Labute approximate surface area is 168 Å². The van der Waals surface area contributed by atoms with E-state index in [1.54, 1.807) is 19.3 Å². The number of nitrogens with zero attached hydrogens (tertiary/aromatic N) is 2. The zero-order valence-corrected chi connectivity index (χ0v) is 17.4. The van der Waals surface area contributed by atoms with Gasteiger partial charge in [-0.05, 0) is 6.42 Å². The summed E-state index contributed by atoms with van der Waals surface area (Å²) in [7, 11) is 0. The molecule has 1 rings (SSSR count). The zero-order chi connectivity index (χ0) is 20.8. The quantitative estimate of drug-likeness (QED) is 0.278. The van der Waals surface area contributed by atoms with Crippen LogP contribution in [0.3, 0.4) is 0 Å². The largest absolute Gasteiger partial charge is 0.480 e. The van der Waals surface area contributed by atoms with Gasteiger partial charge in [-0.2, -0.15) is 0 Å². The third kappa shape index (κ3) is 8.52. The summed E-state index contributed by atoms with van der Waals surface area (Å²) in [6.07, 6.45) is 15.7. The average molecular weight is 398 g/mol. The number of hydrogen-bond donors (Lipinski definition) is 2. The zero-order valence-electron chi connectivity index (χ0n) is 17.4. The lowest BCUT2D eigenvalue weighted by Gasteiger charge is -2.35. The lowest BCUT2D eigenvalue weighted by molar-refractivity contribution is -0.833. The van der Waals surface area contributed by atoms with Crippen LogP contribution in [0, 0.1) is 0 Å². The summed E-state index contributed by atoms with van der Waals surface area (Å²) in [6, 6.07) is 0. The van der Waals surface area contributed by atoms with E-state index >= 15 is 0 Å². The number of unbranched alkanes of at least 4 members (excludes halogenated alkanes) is 9. The van der Waals surface area contributed by atoms with Crippen molar-refractivity contribution in [3.63, 3.8) is 0 Å². The van der Waals surface area contributed by atoms with Crippen LogP contribution in [-0.4, -0.2) is 51.8 Å². The van der Waals surface area contributed by atoms with Crippen LogP contribution in [0.25, 0.3) is 0 Å². The highest BCUT2D eigenvalue weighted by molar-refractivity contribution is 5.81. The molecule has 7 heteroatoms. The Kier molecular flexibility index (Phi) is 11.7. The van der Waals surface area contributed by atoms with Gasteiger partial charge in [0.05, 0.1) is 6.20 Å². The molecule has 1 aliphatic heterocycles. The van der Waals surface area contributed by atoms with Gasteiger partial charge in [0, 0.05) is 13.3 Å². The normalized spacial score (nSPS) is 19.6. The Bertz CT molecular complexity index is 547. The number of amidine groups is 1. The van der Waals surface area contributed by atoms with Gasteiger partial charge in [0.1, 0.15) is 6.20 Å². The summed E-state index contributed by atoms with van der Waals surface area (Å²) >= 11 is 0. The fourth-order valence-corrected chi connectivity index (χ4v) is 3.63. The van der Waals surface area contributed by atoms with Crippen molar-refractivity contribution in [1.82, 2.24) is 0 Å². The third-order valence-corrected chi connectivity index (χ3v) is 5.28. The van der Waals surface area contributed by atoms with Gasteiger partial charge in [-0.15, -0.1) is 0 Å². The molecule has 0 fully saturated rings. The highest BCUT2D eigenvalue weighted by atomic mass is 16.5. The number of hydrogen-bond acceptors (Lipinski definition) is 4. The molecule has 1 heterocycles. The van der Waals surface area contributed by atoms with Crippen LogP contribution in [-0.2, 0) is 14.3 Å². The van der Waals surface area contributed by atoms with E-state index in [9.17, 15) is 14.7 Å². The van der Waals surface area contributed by atoms with Gasteiger partial charge in [-0.1, -0.05) is 64.7 Å². The molecular formula is C21H37N2O5+. The Balaban J connectivity index is 2.41. The monoisotopic (exact) mass is 397 g/mol. The lowest BCUT2D eigenvalue weighted by atomic mass is 10.1. The maximum atomic E-state index is 11.4. The predicted molar refractivity (Wildman–Crippen MR) is 109 cm³/mol. The van der Waals surface area contributed by atoms with E-state index in [0.29, 0.717) is 6.42 Å². The van der Waals surface area contributed by atoms with Crippen LogP contribution < -0.4 is 0 Å². The molecule has 0 spiro atoms. The SMILES string of the molecule is CCCCCCCCCCCCC1=NC=C[N+]1(CC(=O)O)C(C)OCC(=O)O. The Hall–Kier alpha value is -1.73. The Morgan fingerprint density at radius 3 is 2.11 bits per heavy atom. The first-order chi connectivity index (χ1) is 13.4. The van der Waals surface area contributed by atoms with Gasteiger partial charge < -0.3 is 14.9 Å². The number of ether oxygens (including phenoxy) is 1. The number of rotatable bonds is 17.